The first kappa shape index (κ1) is 28.1. The van der Waals surface area contributed by atoms with Gasteiger partial charge in [-0.15, -0.1) is 0 Å². The third-order valence-electron chi connectivity index (χ3n) is 10.6. The molecule has 0 amide bonds. The van der Waals surface area contributed by atoms with Crippen LogP contribution in [0.4, 0.5) is 0 Å². The third kappa shape index (κ3) is 4.02. The topological polar surface area (TPSA) is 0 Å². The molecule has 0 aromatic heterocycles. The Hall–Kier alpha value is -3.64. The van der Waals surface area contributed by atoms with Crippen molar-refractivity contribution < 1.29 is 0 Å². The second kappa shape index (κ2) is 8.95. The normalized spacial score (nSPS) is 21.2. The lowest BCUT2D eigenvalue weighted by Gasteiger charge is -2.27. The molecule has 0 radical (unpaired) electrons. The van der Waals surface area contributed by atoms with Crippen molar-refractivity contribution in [2.45, 2.75) is 87.0 Å². The molecule has 1 atom stereocenters. The van der Waals surface area contributed by atoms with E-state index < -0.39 is 0 Å². The van der Waals surface area contributed by atoms with Crippen LogP contribution in [0.5, 0.6) is 0 Å². The van der Waals surface area contributed by atoms with Crippen molar-refractivity contribution in [2.24, 2.45) is 11.3 Å². The highest BCUT2D eigenvalue weighted by Crippen LogP contribution is 2.49. The van der Waals surface area contributed by atoms with Crippen LogP contribution in [0.15, 0.2) is 72.3 Å². The van der Waals surface area contributed by atoms with E-state index in [1.165, 1.54) is 87.7 Å². The van der Waals surface area contributed by atoms with Gasteiger partial charge in [-0.2, -0.15) is 0 Å². The van der Waals surface area contributed by atoms with E-state index >= 15 is 0 Å². The quantitative estimate of drug-likeness (QED) is 0.228. The number of allylic oxidation sites excluding steroid dienone is 8. The molecule has 43 heavy (non-hydrogen) atoms. The number of hydrogen-bond acceptors (Lipinski definition) is 0. The molecule has 1 unspecified atom stereocenters. The van der Waals surface area contributed by atoms with E-state index in [1.807, 2.05) is 0 Å². The molecule has 0 aliphatic heterocycles. The Balaban J connectivity index is 1.74. The predicted molar refractivity (Wildman–Crippen MR) is 186 cm³/mol. The average Bonchev–Trinajstić information content (AvgIpc) is 3.62. The van der Waals surface area contributed by atoms with Crippen LogP contribution in [0.25, 0.3) is 28.4 Å². The molecule has 0 heterocycles. The van der Waals surface area contributed by atoms with Crippen molar-refractivity contribution in [1.82, 2.24) is 0 Å². The molecule has 3 aromatic rings. The van der Waals surface area contributed by atoms with Gasteiger partial charge in [0.15, 0.2) is 0 Å². The van der Waals surface area contributed by atoms with Gasteiger partial charge in [-0.1, -0.05) is 110 Å². The van der Waals surface area contributed by atoms with E-state index in [1.54, 1.807) is 0 Å². The minimum Gasteiger partial charge on any atom is -0.0735 e. The third-order valence-corrected chi connectivity index (χ3v) is 10.6. The lowest BCUT2D eigenvalue weighted by molar-refractivity contribution is 0.516. The van der Waals surface area contributed by atoms with Gasteiger partial charge in [0.25, 0.3) is 0 Å². The summed E-state index contributed by atoms with van der Waals surface area (Å²) in [6.45, 7) is 26.0. The monoisotopic (exact) mass is 562 g/mol. The van der Waals surface area contributed by atoms with E-state index in [0.717, 1.165) is 0 Å². The zero-order valence-electron chi connectivity index (χ0n) is 28.0. The Kier molecular flexibility index (Phi) is 5.86. The molecule has 0 spiro atoms. The second-order valence-corrected chi connectivity index (χ2v) is 15.8. The second-order valence-electron chi connectivity index (χ2n) is 15.8. The van der Waals surface area contributed by atoms with Crippen molar-refractivity contribution >= 4 is 28.4 Å². The van der Waals surface area contributed by atoms with Crippen LogP contribution < -0.4 is 10.4 Å². The Labute approximate surface area is 258 Å². The molecule has 7 rings (SSSR count). The highest BCUT2D eigenvalue weighted by Gasteiger charge is 2.38. The van der Waals surface area contributed by atoms with Crippen LogP contribution in [0.1, 0.15) is 115 Å². The average molecular weight is 563 g/mol. The molecule has 0 bridgehead atoms. The van der Waals surface area contributed by atoms with Crippen LogP contribution in [0, 0.1) is 21.8 Å². The first-order valence-corrected chi connectivity index (χ1v) is 16.1. The number of fused-ring (bicyclic) bond motifs is 4. The highest BCUT2D eigenvalue weighted by atomic mass is 14.4. The molecule has 4 aliphatic rings. The van der Waals surface area contributed by atoms with Gasteiger partial charge in [-0.05, 0) is 132 Å². The van der Waals surface area contributed by atoms with Crippen LogP contribution in [0.2, 0.25) is 0 Å². The minimum absolute atomic E-state index is 0.0475. The maximum atomic E-state index is 2.54. The fourth-order valence-corrected chi connectivity index (χ4v) is 8.56. The zero-order valence-corrected chi connectivity index (χ0v) is 28.0. The van der Waals surface area contributed by atoms with Crippen LogP contribution in [-0.2, 0) is 10.8 Å². The molecule has 0 N–H and O–H groups in total. The summed E-state index contributed by atoms with van der Waals surface area (Å²) in [6, 6.07) is 16.1. The van der Waals surface area contributed by atoms with Crippen molar-refractivity contribution in [1.29, 1.82) is 0 Å². The molecular weight excluding hydrogens is 516 g/mol. The van der Waals surface area contributed by atoms with Crippen LogP contribution in [0.3, 0.4) is 0 Å². The summed E-state index contributed by atoms with van der Waals surface area (Å²) >= 11 is 0. The first-order valence-electron chi connectivity index (χ1n) is 16.1. The number of benzene rings is 3. The van der Waals surface area contributed by atoms with E-state index in [0.29, 0.717) is 5.92 Å². The van der Waals surface area contributed by atoms with E-state index in [2.05, 4.69) is 149 Å². The highest BCUT2D eigenvalue weighted by molar-refractivity contribution is 5.91. The van der Waals surface area contributed by atoms with Crippen molar-refractivity contribution in [2.75, 3.05) is 0 Å². The van der Waals surface area contributed by atoms with Crippen molar-refractivity contribution in [3.63, 3.8) is 0 Å². The van der Waals surface area contributed by atoms with Gasteiger partial charge in [-0.3, -0.25) is 0 Å². The number of hydrogen-bond donors (Lipinski definition) is 0. The van der Waals surface area contributed by atoms with Crippen molar-refractivity contribution in [3.05, 3.63) is 132 Å². The number of rotatable bonds is 2. The Morgan fingerprint density at radius 1 is 0.814 bits per heavy atom. The SMILES string of the molecule is CC1=CC(C)(C)c2cc3c(cc21)=c1c(c(C2=CC(C(C)(C)C)=CC2C)c2c(c1=C(C)c1ccccc1)C(C)=CC2(C)C)C=3. The summed E-state index contributed by atoms with van der Waals surface area (Å²) in [5.74, 6) is 0.371. The molecule has 0 nitrogen and oxygen atoms in total. The first-order chi connectivity index (χ1) is 20.1. The maximum absolute atomic E-state index is 2.54. The van der Waals surface area contributed by atoms with E-state index in [9.17, 15) is 0 Å². The van der Waals surface area contributed by atoms with Crippen molar-refractivity contribution in [3.8, 4) is 0 Å². The fraction of sp³-hybridized carbons (Fsp3) is 0.349. The molecule has 3 aromatic carbocycles. The lowest BCUT2D eigenvalue weighted by Crippen LogP contribution is -2.24. The molecule has 0 saturated heterocycles. The predicted octanol–water partition coefficient (Wildman–Crippen LogP) is 9.73. The Bertz CT molecular complexity index is 2110. The van der Waals surface area contributed by atoms with Gasteiger partial charge in [-0.25, -0.2) is 0 Å². The largest absolute Gasteiger partial charge is 0.0735 e. The van der Waals surface area contributed by atoms with Gasteiger partial charge in [0.05, 0.1) is 0 Å². The standard InChI is InChI=1S/C43H46/c1-24-17-30(41(5,6)7)20-32(24)39-34-18-29-19-35-31(25(2)22-42(35,8)9)21-33(29)38(34)37(27(4)28-15-13-12-14-16-28)36-26(3)23-43(10,11)40(36)39/h12-24H,1-11H3. The molecule has 0 heteroatoms. The lowest BCUT2D eigenvalue weighted by atomic mass is 9.76. The fourth-order valence-electron chi connectivity index (χ4n) is 8.56. The van der Waals surface area contributed by atoms with Gasteiger partial charge < -0.3 is 0 Å². The van der Waals surface area contributed by atoms with Gasteiger partial charge >= 0.3 is 0 Å². The summed E-state index contributed by atoms with van der Waals surface area (Å²) in [5.41, 5.74) is 17.2. The minimum atomic E-state index is -0.0633. The summed E-state index contributed by atoms with van der Waals surface area (Å²) in [7, 11) is 0. The zero-order chi connectivity index (χ0) is 30.8. The molecule has 0 saturated carbocycles. The molecule has 218 valence electrons. The van der Waals surface area contributed by atoms with Gasteiger partial charge in [0, 0.05) is 16.7 Å². The summed E-state index contributed by atoms with van der Waals surface area (Å²) in [5, 5.41) is 5.60. The Morgan fingerprint density at radius 3 is 2.14 bits per heavy atom. The maximum Gasteiger partial charge on any atom is 0.00937 e. The van der Waals surface area contributed by atoms with Crippen LogP contribution >= 0.6 is 0 Å². The van der Waals surface area contributed by atoms with E-state index in [-0.39, 0.29) is 16.2 Å². The molecular formula is C43H46. The Morgan fingerprint density at radius 2 is 1.49 bits per heavy atom. The molecule has 0 fully saturated rings. The van der Waals surface area contributed by atoms with Crippen LogP contribution in [-0.4, -0.2) is 0 Å². The van der Waals surface area contributed by atoms with Gasteiger partial charge in [0.2, 0.25) is 0 Å². The summed E-state index contributed by atoms with van der Waals surface area (Å²) in [6.07, 6.45) is 12.6. The smallest absolute Gasteiger partial charge is 0.00937 e. The molecule has 4 aliphatic carbocycles. The summed E-state index contributed by atoms with van der Waals surface area (Å²) in [4.78, 5) is 0. The van der Waals surface area contributed by atoms with E-state index in [4.69, 9.17) is 0 Å². The van der Waals surface area contributed by atoms with Gasteiger partial charge in [0.1, 0.15) is 0 Å². The summed E-state index contributed by atoms with van der Waals surface area (Å²) < 4.78 is 0.